The summed E-state index contributed by atoms with van der Waals surface area (Å²) >= 11 is 1.27. The van der Waals surface area contributed by atoms with Crippen LogP contribution in [0.1, 0.15) is 26.5 Å². The number of anilines is 1. The number of hydrogen-bond acceptors (Lipinski definition) is 7. The second-order valence-electron chi connectivity index (χ2n) is 6.10. The molecule has 1 aliphatic heterocycles. The van der Waals surface area contributed by atoms with E-state index in [2.05, 4.69) is 10.3 Å². The number of benzene rings is 1. The van der Waals surface area contributed by atoms with E-state index in [1.807, 2.05) is 0 Å². The van der Waals surface area contributed by atoms with Crippen LogP contribution in [0.3, 0.4) is 0 Å². The summed E-state index contributed by atoms with van der Waals surface area (Å²) < 4.78 is 16.4. The average molecular weight is 362 g/mol. The van der Waals surface area contributed by atoms with Gasteiger partial charge in [0.25, 0.3) is 5.91 Å². The highest BCUT2D eigenvalue weighted by Gasteiger charge is 2.31. The van der Waals surface area contributed by atoms with Crippen LogP contribution >= 0.6 is 11.3 Å². The number of nitrogens with one attached hydrogen (secondary N) is 1. The van der Waals surface area contributed by atoms with Crippen molar-refractivity contribution in [2.45, 2.75) is 32.8 Å². The Labute approximate surface area is 148 Å². The van der Waals surface area contributed by atoms with Crippen molar-refractivity contribution in [1.29, 1.82) is 0 Å². The van der Waals surface area contributed by atoms with Gasteiger partial charge in [0.1, 0.15) is 11.5 Å². The molecule has 0 atom stereocenters. The molecule has 3 rings (SSSR count). The number of carbonyl (C=O) groups is 2. The van der Waals surface area contributed by atoms with E-state index in [4.69, 9.17) is 14.2 Å². The molecule has 0 saturated carbocycles. The van der Waals surface area contributed by atoms with Gasteiger partial charge in [-0.1, -0.05) is 0 Å². The molecule has 2 heterocycles. The van der Waals surface area contributed by atoms with Gasteiger partial charge in [0, 0.05) is 17.9 Å². The number of Topliss-reactive ketones (excluding diaryl/α,β-unsaturated/α-hetero) is 1. The lowest BCUT2D eigenvalue weighted by molar-refractivity contribution is -0.128. The summed E-state index contributed by atoms with van der Waals surface area (Å²) in [5.41, 5.74) is -0.484. The number of fused-ring (bicyclic) bond motifs is 1. The maximum atomic E-state index is 12.5. The SMILES string of the molecule is CC(=O)Cc1csc(NC(=O)C(C)(C)Oc2ccc3c(c2)OCO3)n1. The highest BCUT2D eigenvalue weighted by Crippen LogP contribution is 2.36. The number of rotatable bonds is 6. The molecule has 0 radical (unpaired) electrons. The molecule has 0 spiro atoms. The average Bonchev–Trinajstić information content (AvgIpc) is 3.15. The number of ether oxygens (including phenoxy) is 3. The predicted octanol–water partition coefficient (Wildman–Crippen LogP) is 2.80. The monoisotopic (exact) mass is 362 g/mol. The Hall–Kier alpha value is -2.61. The summed E-state index contributed by atoms with van der Waals surface area (Å²) in [5.74, 6) is 1.42. The normalized spacial score (nSPS) is 12.8. The lowest BCUT2D eigenvalue weighted by atomic mass is 10.1. The van der Waals surface area contributed by atoms with Crippen molar-refractivity contribution in [3.63, 3.8) is 0 Å². The van der Waals surface area contributed by atoms with Gasteiger partial charge >= 0.3 is 0 Å². The Morgan fingerprint density at radius 3 is 2.84 bits per heavy atom. The minimum atomic E-state index is -1.12. The van der Waals surface area contributed by atoms with Gasteiger partial charge in [0.05, 0.1) is 5.69 Å². The smallest absolute Gasteiger partial charge is 0.269 e. The standard InChI is InChI=1S/C17H18N2O5S/c1-10(20)6-11-8-25-16(18-11)19-15(21)17(2,3)24-12-4-5-13-14(7-12)23-9-22-13/h4-5,7-8H,6,9H2,1-3H3,(H,18,19,21). The van der Waals surface area contributed by atoms with E-state index in [0.29, 0.717) is 28.1 Å². The van der Waals surface area contributed by atoms with E-state index < -0.39 is 5.60 Å². The lowest BCUT2D eigenvalue weighted by Gasteiger charge is -2.24. The van der Waals surface area contributed by atoms with Crippen LogP contribution in [0, 0.1) is 0 Å². The first kappa shape index (κ1) is 17.2. The Kier molecular flexibility index (Phi) is 4.63. The van der Waals surface area contributed by atoms with Crippen LogP contribution < -0.4 is 19.5 Å². The maximum absolute atomic E-state index is 12.5. The van der Waals surface area contributed by atoms with Crippen molar-refractivity contribution in [3.8, 4) is 17.2 Å². The van der Waals surface area contributed by atoms with Crippen LogP contribution in [0.2, 0.25) is 0 Å². The Morgan fingerprint density at radius 1 is 1.32 bits per heavy atom. The van der Waals surface area contributed by atoms with Crippen LogP contribution in [0.5, 0.6) is 17.2 Å². The van der Waals surface area contributed by atoms with Crippen molar-refractivity contribution in [2.24, 2.45) is 0 Å². The highest BCUT2D eigenvalue weighted by atomic mass is 32.1. The number of carbonyl (C=O) groups excluding carboxylic acids is 2. The summed E-state index contributed by atoms with van der Waals surface area (Å²) in [7, 11) is 0. The van der Waals surface area contributed by atoms with Crippen LogP contribution in [-0.4, -0.2) is 29.1 Å². The Balaban J connectivity index is 1.65. The summed E-state index contributed by atoms with van der Waals surface area (Å²) in [6, 6.07) is 5.14. The first-order valence-corrected chi connectivity index (χ1v) is 8.55. The Bertz CT molecular complexity index is 815. The molecule has 25 heavy (non-hydrogen) atoms. The number of ketones is 1. The van der Waals surface area contributed by atoms with Crippen LogP contribution in [0.4, 0.5) is 5.13 Å². The van der Waals surface area contributed by atoms with Gasteiger partial charge in [-0.05, 0) is 32.9 Å². The number of aromatic nitrogens is 1. The third-order valence-corrected chi connectivity index (χ3v) is 4.27. The molecule has 0 saturated heterocycles. The number of nitrogens with zero attached hydrogens (tertiary/aromatic N) is 1. The van der Waals surface area contributed by atoms with E-state index in [9.17, 15) is 9.59 Å². The highest BCUT2D eigenvalue weighted by molar-refractivity contribution is 7.13. The fourth-order valence-corrected chi connectivity index (χ4v) is 2.93. The molecule has 0 bridgehead atoms. The third-order valence-electron chi connectivity index (χ3n) is 3.47. The molecule has 1 aromatic carbocycles. The fraction of sp³-hybridized carbons (Fsp3) is 0.353. The van der Waals surface area contributed by atoms with Crippen LogP contribution in [0.25, 0.3) is 0 Å². The number of hydrogen-bond donors (Lipinski definition) is 1. The minimum Gasteiger partial charge on any atom is -0.478 e. The lowest BCUT2D eigenvalue weighted by Crippen LogP contribution is -2.42. The molecular formula is C17H18N2O5S. The van der Waals surface area contributed by atoms with Crippen molar-refractivity contribution in [3.05, 3.63) is 29.3 Å². The molecule has 0 aliphatic carbocycles. The first-order valence-electron chi connectivity index (χ1n) is 7.67. The number of amides is 1. The summed E-state index contributed by atoms with van der Waals surface area (Å²) in [5, 5.41) is 4.91. The van der Waals surface area contributed by atoms with Gasteiger partial charge in [-0.2, -0.15) is 0 Å². The van der Waals surface area contributed by atoms with Gasteiger partial charge in [-0.25, -0.2) is 4.98 Å². The van der Waals surface area contributed by atoms with Gasteiger partial charge in [0.15, 0.2) is 22.2 Å². The van der Waals surface area contributed by atoms with Gasteiger partial charge in [0.2, 0.25) is 6.79 Å². The molecule has 1 amide bonds. The quantitative estimate of drug-likeness (QED) is 0.850. The molecular weight excluding hydrogens is 344 g/mol. The van der Waals surface area contributed by atoms with Gasteiger partial charge in [-0.3, -0.25) is 14.9 Å². The van der Waals surface area contributed by atoms with Crippen molar-refractivity contribution in [1.82, 2.24) is 4.98 Å². The zero-order chi connectivity index (χ0) is 18.0. The molecule has 132 valence electrons. The van der Waals surface area contributed by atoms with E-state index >= 15 is 0 Å². The van der Waals surface area contributed by atoms with Crippen molar-refractivity contribution in [2.75, 3.05) is 12.1 Å². The van der Waals surface area contributed by atoms with E-state index in [-0.39, 0.29) is 24.9 Å². The minimum absolute atomic E-state index is 0.0228. The molecule has 1 aromatic heterocycles. The maximum Gasteiger partial charge on any atom is 0.269 e. The van der Waals surface area contributed by atoms with E-state index in [0.717, 1.165) is 0 Å². The first-order chi connectivity index (χ1) is 11.8. The zero-order valence-electron chi connectivity index (χ0n) is 14.1. The second kappa shape index (κ2) is 6.72. The van der Waals surface area contributed by atoms with E-state index in [1.165, 1.54) is 18.3 Å². The molecule has 1 aliphatic rings. The van der Waals surface area contributed by atoms with E-state index in [1.54, 1.807) is 37.4 Å². The largest absolute Gasteiger partial charge is 0.478 e. The van der Waals surface area contributed by atoms with Crippen LogP contribution in [0.15, 0.2) is 23.6 Å². The van der Waals surface area contributed by atoms with Crippen molar-refractivity contribution >= 4 is 28.2 Å². The summed E-state index contributed by atoms with van der Waals surface area (Å²) in [4.78, 5) is 27.9. The summed E-state index contributed by atoms with van der Waals surface area (Å²) in [6.45, 7) is 5.00. The third kappa shape index (κ3) is 4.08. The molecule has 2 aromatic rings. The molecule has 0 fully saturated rings. The topological polar surface area (TPSA) is 86.8 Å². The van der Waals surface area contributed by atoms with Gasteiger partial charge in [-0.15, -0.1) is 11.3 Å². The van der Waals surface area contributed by atoms with Gasteiger partial charge < -0.3 is 14.2 Å². The van der Waals surface area contributed by atoms with Crippen LogP contribution in [-0.2, 0) is 16.0 Å². The Morgan fingerprint density at radius 2 is 2.08 bits per heavy atom. The molecule has 1 N–H and O–H groups in total. The van der Waals surface area contributed by atoms with Crippen molar-refractivity contribution < 1.29 is 23.8 Å². The molecule has 0 unspecified atom stereocenters. The molecule has 8 heteroatoms. The second-order valence-corrected chi connectivity index (χ2v) is 6.96. The predicted molar refractivity (Wildman–Crippen MR) is 92.4 cm³/mol. The fourth-order valence-electron chi connectivity index (χ4n) is 2.23. The number of thiazole rings is 1. The molecule has 7 nitrogen and oxygen atoms in total. The zero-order valence-corrected chi connectivity index (χ0v) is 14.9. The summed E-state index contributed by atoms with van der Waals surface area (Å²) in [6.07, 6.45) is 0.253.